The van der Waals surface area contributed by atoms with Crippen LogP contribution in [0.25, 0.3) is 0 Å². The van der Waals surface area contributed by atoms with Crippen molar-refractivity contribution in [2.45, 2.75) is 37.9 Å². The Kier molecular flexibility index (Phi) is 9.91. The van der Waals surface area contributed by atoms with Crippen LogP contribution in [-0.4, -0.2) is 63.6 Å². The Morgan fingerprint density at radius 1 is 1.05 bits per heavy atom. The van der Waals surface area contributed by atoms with Gasteiger partial charge in [0.15, 0.2) is 0 Å². The van der Waals surface area contributed by atoms with E-state index in [-0.39, 0.29) is 32.0 Å². The van der Waals surface area contributed by atoms with E-state index in [1.165, 1.54) is 25.1 Å². The molecule has 17 heteroatoms. The molecule has 2 rings (SSSR count). The first-order valence-electron chi connectivity index (χ1n) is 11.1. The Morgan fingerprint density at radius 3 is 2.05 bits per heavy atom. The van der Waals surface area contributed by atoms with E-state index in [0.717, 1.165) is 30.2 Å². The number of hydrogen-bond acceptors (Lipinski definition) is 4. The molecule has 0 spiro atoms. The molecule has 0 saturated carbocycles. The van der Waals surface area contributed by atoms with E-state index in [9.17, 15) is 48.7 Å². The first-order chi connectivity index (χ1) is 18.1. The van der Waals surface area contributed by atoms with Crippen molar-refractivity contribution in [2.24, 2.45) is 5.73 Å². The number of hydrogen-bond donors (Lipinski definition) is 2. The third kappa shape index (κ3) is 6.36. The van der Waals surface area contributed by atoms with Gasteiger partial charge in [0.25, 0.3) is 16.1 Å². The van der Waals surface area contributed by atoms with Crippen LogP contribution in [0.15, 0.2) is 36.4 Å². The average Bonchev–Trinajstić information content (AvgIpc) is 2.82. The summed E-state index contributed by atoms with van der Waals surface area (Å²) in [5.74, 6) is -1.97. The number of likely N-dealkylation sites (N-methyl/N-ethyl adjacent to an activating group) is 1. The lowest BCUT2D eigenvalue weighted by molar-refractivity contribution is -0.348. The van der Waals surface area contributed by atoms with Gasteiger partial charge in [-0.05, 0) is 60.2 Å². The van der Waals surface area contributed by atoms with Crippen LogP contribution in [0.2, 0.25) is 0 Å². The molecule has 0 aliphatic rings. The number of anilines is 1. The molecule has 3 N–H and O–H groups in total. The molecular weight excluding hydrogens is 688 g/mol. The van der Waals surface area contributed by atoms with Gasteiger partial charge in [-0.3, -0.25) is 9.59 Å². The first kappa shape index (κ1) is 33.7. The summed E-state index contributed by atoms with van der Waals surface area (Å²) in [4.78, 5) is 26.8. The molecule has 8 nitrogen and oxygen atoms in total. The third-order valence-corrected chi connectivity index (χ3v) is 8.36. The maximum absolute atomic E-state index is 14.7. The second-order valence-corrected chi connectivity index (χ2v) is 11.8. The highest BCUT2D eigenvalue weighted by atomic mass is 127. The second-order valence-electron chi connectivity index (χ2n) is 8.70. The van der Waals surface area contributed by atoms with E-state index in [1.54, 1.807) is 22.6 Å². The van der Waals surface area contributed by atoms with Crippen LogP contribution in [0.3, 0.4) is 0 Å². The summed E-state index contributed by atoms with van der Waals surface area (Å²) in [6.07, 6.45) is -12.7. The Bertz CT molecular complexity index is 1390. The van der Waals surface area contributed by atoms with Crippen LogP contribution < -0.4 is 15.4 Å². The van der Waals surface area contributed by atoms with E-state index >= 15 is 0 Å². The molecule has 0 heterocycles. The molecule has 1 unspecified atom stereocenters. The van der Waals surface area contributed by atoms with Crippen LogP contribution in [0, 0.1) is 10.5 Å². The number of aryl methyl sites for hydroxylation is 1. The SMILES string of the molecule is CNS(=O)(=O)N(C)CC(C)N(C(=O)c1c(I)cccc1C(N)=O)c1ccc(C(F)(C(F)(F)F)C(F)(F)F)cc1C. The lowest BCUT2D eigenvalue weighted by atomic mass is 9.92. The lowest BCUT2D eigenvalue weighted by Gasteiger charge is -2.35. The van der Waals surface area contributed by atoms with Gasteiger partial charge in [-0.15, -0.1) is 0 Å². The molecule has 40 heavy (non-hydrogen) atoms. The summed E-state index contributed by atoms with van der Waals surface area (Å²) in [5, 5.41) is 0. The highest BCUT2D eigenvalue weighted by Gasteiger charge is 2.73. The zero-order chi connectivity index (χ0) is 31.0. The molecule has 2 amide bonds. The predicted molar refractivity (Wildman–Crippen MR) is 141 cm³/mol. The van der Waals surface area contributed by atoms with Crippen molar-refractivity contribution in [1.29, 1.82) is 0 Å². The van der Waals surface area contributed by atoms with Crippen LogP contribution >= 0.6 is 22.6 Å². The lowest BCUT2D eigenvalue weighted by Crippen LogP contribution is -2.50. The fourth-order valence-corrected chi connectivity index (χ4v) is 5.40. The molecule has 2 aromatic rings. The van der Waals surface area contributed by atoms with Crippen LogP contribution in [-0.2, 0) is 15.9 Å². The zero-order valence-electron chi connectivity index (χ0n) is 21.3. The van der Waals surface area contributed by atoms with Gasteiger partial charge in [0.2, 0.25) is 5.91 Å². The van der Waals surface area contributed by atoms with Crippen molar-refractivity contribution in [3.8, 4) is 0 Å². The van der Waals surface area contributed by atoms with Gasteiger partial charge in [0.05, 0.1) is 11.1 Å². The highest BCUT2D eigenvalue weighted by Crippen LogP contribution is 2.53. The smallest absolute Gasteiger partial charge is 0.366 e. The summed E-state index contributed by atoms with van der Waals surface area (Å²) in [6.45, 7) is 2.00. The van der Waals surface area contributed by atoms with Crippen LogP contribution in [0.5, 0.6) is 0 Å². The minimum absolute atomic E-state index is 0.221. The van der Waals surface area contributed by atoms with Crippen molar-refractivity contribution in [3.63, 3.8) is 0 Å². The summed E-state index contributed by atoms with van der Waals surface area (Å²) >= 11 is 1.73. The number of carbonyl (C=O) groups excluding carboxylic acids is 2. The largest absolute Gasteiger partial charge is 0.435 e. The van der Waals surface area contributed by atoms with Gasteiger partial charge in [-0.1, -0.05) is 18.2 Å². The fraction of sp³-hybridized carbons (Fsp3) is 0.391. The van der Waals surface area contributed by atoms with Crippen molar-refractivity contribution >= 4 is 50.3 Å². The molecule has 0 saturated heterocycles. The first-order valence-corrected chi connectivity index (χ1v) is 13.6. The van der Waals surface area contributed by atoms with Gasteiger partial charge in [-0.2, -0.15) is 39.1 Å². The van der Waals surface area contributed by atoms with E-state index in [4.69, 9.17) is 5.73 Å². The Hall–Kier alpha value is -2.51. The molecule has 0 aliphatic carbocycles. The summed E-state index contributed by atoms with van der Waals surface area (Å²) in [5.41, 5.74) is -3.19. The van der Waals surface area contributed by atoms with Gasteiger partial charge < -0.3 is 10.6 Å². The number of alkyl halides is 7. The van der Waals surface area contributed by atoms with Crippen LogP contribution in [0.1, 0.15) is 38.8 Å². The predicted octanol–water partition coefficient (Wildman–Crippen LogP) is 4.42. The van der Waals surface area contributed by atoms with Gasteiger partial charge in [0.1, 0.15) is 0 Å². The number of nitrogens with zero attached hydrogens (tertiary/aromatic N) is 2. The maximum atomic E-state index is 14.7. The minimum Gasteiger partial charge on any atom is -0.366 e. The van der Waals surface area contributed by atoms with Gasteiger partial charge in [0, 0.05) is 41.5 Å². The topological polar surface area (TPSA) is 113 Å². The van der Waals surface area contributed by atoms with E-state index in [0.29, 0.717) is 12.1 Å². The molecule has 222 valence electrons. The normalized spacial score (nSPS) is 13.8. The number of halogens is 8. The summed E-state index contributed by atoms with van der Waals surface area (Å²) in [7, 11) is -1.75. The molecule has 0 fully saturated rings. The van der Waals surface area contributed by atoms with Gasteiger partial charge in [-0.25, -0.2) is 9.11 Å². The van der Waals surface area contributed by atoms with Crippen molar-refractivity contribution < 1.29 is 48.7 Å². The number of carbonyl (C=O) groups is 2. The average molecular weight is 712 g/mol. The van der Waals surface area contributed by atoms with Crippen LogP contribution in [0.4, 0.5) is 36.4 Å². The fourth-order valence-electron chi connectivity index (χ4n) is 3.95. The number of amides is 2. The van der Waals surface area contributed by atoms with Crippen molar-refractivity contribution in [2.75, 3.05) is 25.5 Å². The second kappa shape index (κ2) is 11.8. The molecular formula is C23H24F7IN4O4S. The number of benzene rings is 2. The minimum atomic E-state index is -6.36. The Balaban J connectivity index is 2.81. The molecule has 2 aromatic carbocycles. The third-order valence-electron chi connectivity index (χ3n) is 5.98. The Morgan fingerprint density at radius 2 is 1.60 bits per heavy atom. The molecule has 0 aromatic heterocycles. The molecule has 0 bridgehead atoms. The standard InChI is InChI=1S/C23H24F7IN4O4S/c1-12-10-14(21(24,22(25,26)27)23(28,29)30)8-9-17(12)35(13(2)11-34(4)40(38,39)33-3)20(37)18-15(19(32)36)6-5-7-16(18)31/h5-10,13,33H,11H2,1-4H3,(H2,32,36). The zero-order valence-corrected chi connectivity index (χ0v) is 24.3. The Labute approximate surface area is 239 Å². The maximum Gasteiger partial charge on any atom is 0.435 e. The summed E-state index contributed by atoms with van der Waals surface area (Å²) in [6, 6.07) is 4.23. The van der Waals surface area contributed by atoms with E-state index < -0.39 is 58.2 Å². The van der Waals surface area contributed by atoms with E-state index in [2.05, 4.69) is 4.72 Å². The monoisotopic (exact) mass is 712 g/mol. The van der Waals surface area contributed by atoms with Crippen molar-refractivity contribution in [1.82, 2.24) is 9.03 Å². The molecule has 0 aliphatic heterocycles. The highest BCUT2D eigenvalue weighted by molar-refractivity contribution is 14.1. The molecule has 1 atom stereocenters. The summed E-state index contributed by atoms with van der Waals surface area (Å²) < 4.78 is 122. The number of nitrogens with one attached hydrogen (secondary N) is 1. The number of rotatable bonds is 9. The van der Waals surface area contributed by atoms with Gasteiger partial charge >= 0.3 is 18.0 Å². The van der Waals surface area contributed by atoms with E-state index in [1.807, 2.05) is 0 Å². The molecule has 0 radical (unpaired) electrons. The number of nitrogens with two attached hydrogens (primary N) is 1. The quantitative estimate of drug-likeness (QED) is 0.296. The van der Waals surface area contributed by atoms with Crippen molar-refractivity contribution in [3.05, 3.63) is 62.2 Å². The number of primary amides is 1.